The standard InChI is InChI=1S/C11H20N2O4/c1-3-5-7-17-8-6-12-11(16)13-9(4-2)10(14)15/h3,9H,1,4-8H2,2H3,(H,14,15)(H2,12,13,16)/t9-/m1/s1. The van der Waals surface area contributed by atoms with Crippen LogP contribution in [0.4, 0.5) is 4.79 Å². The van der Waals surface area contributed by atoms with Gasteiger partial charge >= 0.3 is 12.0 Å². The first-order valence-corrected chi connectivity index (χ1v) is 5.57. The Morgan fingerprint density at radius 2 is 2.18 bits per heavy atom. The smallest absolute Gasteiger partial charge is 0.326 e. The second kappa shape index (κ2) is 9.65. The van der Waals surface area contributed by atoms with Crippen molar-refractivity contribution in [3.05, 3.63) is 12.7 Å². The molecule has 3 N–H and O–H groups in total. The Hall–Kier alpha value is -1.56. The molecule has 0 aromatic heterocycles. The van der Waals surface area contributed by atoms with E-state index in [0.717, 1.165) is 6.42 Å². The Kier molecular flexibility index (Phi) is 8.77. The van der Waals surface area contributed by atoms with Crippen molar-refractivity contribution >= 4 is 12.0 Å². The molecule has 6 nitrogen and oxygen atoms in total. The molecule has 0 aliphatic heterocycles. The highest BCUT2D eigenvalue weighted by atomic mass is 16.5. The van der Waals surface area contributed by atoms with Gasteiger partial charge in [0, 0.05) is 6.54 Å². The molecule has 0 spiro atoms. The predicted molar refractivity (Wildman–Crippen MR) is 63.9 cm³/mol. The summed E-state index contributed by atoms with van der Waals surface area (Å²) in [6.45, 7) is 6.55. The lowest BCUT2D eigenvalue weighted by Gasteiger charge is -2.13. The molecule has 0 bridgehead atoms. The van der Waals surface area contributed by atoms with E-state index in [9.17, 15) is 9.59 Å². The first-order valence-electron chi connectivity index (χ1n) is 5.57. The topological polar surface area (TPSA) is 87.7 Å². The van der Waals surface area contributed by atoms with Crippen LogP contribution in [0.5, 0.6) is 0 Å². The van der Waals surface area contributed by atoms with Gasteiger partial charge in [-0.05, 0) is 12.8 Å². The first-order chi connectivity index (χ1) is 8.11. The van der Waals surface area contributed by atoms with Crippen LogP contribution in [0, 0.1) is 0 Å². The maximum atomic E-state index is 11.2. The van der Waals surface area contributed by atoms with E-state index in [2.05, 4.69) is 17.2 Å². The lowest BCUT2D eigenvalue weighted by molar-refractivity contribution is -0.139. The van der Waals surface area contributed by atoms with Gasteiger partial charge < -0.3 is 20.5 Å². The summed E-state index contributed by atoms with van der Waals surface area (Å²) in [4.78, 5) is 21.9. The van der Waals surface area contributed by atoms with Crippen LogP contribution < -0.4 is 10.6 Å². The van der Waals surface area contributed by atoms with E-state index >= 15 is 0 Å². The SMILES string of the molecule is C=CCCOCCNC(=O)N[C@H](CC)C(=O)O. The number of carbonyl (C=O) groups excluding carboxylic acids is 1. The minimum atomic E-state index is -1.04. The molecule has 0 aromatic carbocycles. The Morgan fingerprint density at radius 1 is 1.47 bits per heavy atom. The van der Waals surface area contributed by atoms with Crippen LogP contribution in [0.25, 0.3) is 0 Å². The maximum absolute atomic E-state index is 11.2. The van der Waals surface area contributed by atoms with E-state index in [1.165, 1.54) is 0 Å². The van der Waals surface area contributed by atoms with Gasteiger partial charge in [0.25, 0.3) is 0 Å². The van der Waals surface area contributed by atoms with Crippen molar-refractivity contribution in [1.82, 2.24) is 10.6 Å². The lowest BCUT2D eigenvalue weighted by Crippen LogP contribution is -2.46. The van der Waals surface area contributed by atoms with Crippen molar-refractivity contribution in [2.75, 3.05) is 19.8 Å². The molecule has 98 valence electrons. The highest BCUT2D eigenvalue weighted by Crippen LogP contribution is 1.90. The summed E-state index contributed by atoms with van der Waals surface area (Å²) in [7, 11) is 0. The van der Waals surface area contributed by atoms with Crippen LogP contribution in [0.1, 0.15) is 19.8 Å². The Morgan fingerprint density at radius 3 is 2.71 bits per heavy atom. The number of ether oxygens (including phenoxy) is 1. The number of amides is 2. The van der Waals surface area contributed by atoms with Gasteiger partial charge in [-0.25, -0.2) is 9.59 Å². The summed E-state index contributed by atoms with van der Waals surface area (Å²) in [6.07, 6.45) is 2.86. The predicted octanol–water partition coefficient (Wildman–Crippen LogP) is 0.741. The fraction of sp³-hybridized carbons (Fsp3) is 0.636. The molecule has 0 saturated carbocycles. The second-order valence-electron chi connectivity index (χ2n) is 3.39. The van der Waals surface area contributed by atoms with Crippen molar-refractivity contribution in [2.45, 2.75) is 25.8 Å². The van der Waals surface area contributed by atoms with Crippen LogP contribution in [0.2, 0.25) is 0 Å². The van der Waals surface area contributed by atoms with Gasteiger partial charge in [-0.3, -0.25) is 0 Å². The summed E-state index contributed by atoms with van der Waals surface area (Å²) in [6, 6.07) is -1.34. The van der Waals surface area contributed by atoms with Crippen molar-refractivity contribution in [3.63, 3.8) is 0 Å². The number of carboxylic acid groups (broad SMARTS) is 1. The third-order valence-corrected chi connectivity index (χ3v) is 2.01. The highest BCUT2D eigenvalue weighted by molar-refractivity contribution is 5.82. The number of rotatable bonds is 9. The molecule has 0 rings (SSSR count). The van der Waals surface area contributed by atoms with E-state index in [1.807, 2.05) is 0 Å². The van der Waals surface area contributed by atoms with E-state index in [4.69, 9.17) is 9.84 Å². The fourth-order valence-electron chi connectivity index (χ4n) is 1.05. The molecule has 0 saturated heterocycles. The van der Waals surface area contributed by atoms with Crippen LogP contribution in [0.15, 0.2) is 12.7 Å². The molecule has 2 amide bonds. The van der Waals surface area contributed by atoms with Crippen molar-refractivity contribution < 1.29 is 19.4 Å². The zero-order chi connectivity index (χ0) is 13.1. The quantitative estimate of drug-likeness (QED) is 0.412. The highest BCUT2D eigenvalue weighted by Gasteiger charge is 2.16. The molecule has 6 heteroatoms. The van der Waals surface area contributed by atoms with Gasteiger partial charge in [-0.2, -0.15) is 0 Å². The third-order valence-electron chi connectivity index (χ3n) is 2.01. The molecule has 0 aliphatic carbocycles. The summed E-state index contributed by atoms with van der Waals surface area (Å²) in [5, 5.41) is 13.6. The van der Waals surface area contributed by atoms with E-state index < -0.39 is 18.0 Å². The molecule has 0 radical (unpaired) electrons. The van der Waals surface area contributed by atoms with Crippen molar-refractivity contribution in [2.24, 2.45) is 0 Å². The zero-order valence-corrected chi connectivity index (χ0v) is 10.1. The number of carbonyl (C=O) groups is 2. The maximum Gasteiger partial charge on any atom is 0.326 e. The average molecular weight is 244 g/mol. The molecule has 0 aromatic rings. The summed E-state index contributed by atoms with van der Waals surface area (Å²) in [5.74, 6) is -1.04. The Balaban J connectivity index is 3.58. The van der Waals surface area contributed by atoms with Crippen LogP contribution in [-0.4, -0.2) is 42.9 Å². The summed E-state index contributed by atoms with van der Waals surface area (Å²) >= 11 is 0. The molecular formula is C11H20N2O4. The van der Waals surface area contributed by atoms with E-state index in [0.29, 0.717) is 26.2 Å². The largest absolute Gasteiger partial charge is 0.480 e. The van der Waals surface area contributed by atoms with Crippen molar-refractivity contribution in [1.29, 1.82) is 0 Å². The lowest BCUT2D eigenvalue weighted by atomic mass is 10.2. The fourth-order valence-corrected chi connectivity index (χ4v) is 1.05. The van der Waals surface area contributed by atoms with E-state index in [-0.39, 0.29) is 0 Å². The number of aliphatic carboxylic acids is 1. The first kappa shape index (κ1) is 15.4. The molecule has 0 aliphatic rings. The molecular weight excluding hydrogens is 224 g/mol. The van der Waals surface area contributed by atoms with Crippen molar-refractivity contribution in [3.8, 4) is 0 Å². The number of urea groups is 1. The van der Waals surface area contributed by atoms with Crippen LogP contribution >= 0.6 is 0 Å². The van der Waals surface area contributed by atoms with Gasteiger partial charge in [-0.15, -0.1) is 6.58 Å². The zero-order valence-electron chi connectivity index (χ0n) is 10.1. The summed E-state index contributed by atoms with van der Waals surface area (Å²) in [5.41, 5.74) is 0. The molecule has 17 heavy (non-hydrogen) atoms. The van der Waals surface area contributed by atoms with Gasteiger partial charge in [0.1, 0.15) is 6.04 Å². The third kappa shape index (κ3) is 8.27. The van der Waals surface area contributed by atoms with Gasteiger partial charge in [-0.1, -0.05) is 13.0 Å². The van der Waals surface area contributed by atoms with Gasteiger partial charge in [0.2, 0.25) is 0 Å². The molecule has 1 atom stereocenters. The normalized spacial score (nSPS) is 11.6. The van der Waals surface area contributed by atoms with Gasteiger partial charge in [0.05, 0.1) is 13.2 Å². The number of nitrogens with one attached hydrogen (secondary N) is 2. The number of hydrogen-bond donors (Lipinski definition) is 3. The minimum Gasteiger partial charge on any atom is -0.480 e. The van der Waals surface area contributed by atoms with E-state index in [1.54, 1.807) is 13.0 Å². The Labute approximate surface area is 101 Å². The molecule has 0 fully saturated rings. The molecule has 0 unspecified atom stereocenters. The van der Waals surface area contributed by atoms with Gasteiger partial charge in [0.15, 0.2) is 0 Å². The monoisotopic (exact) mass is 244 g/mol. The average Bonchev–Trinajstić information content (AvgIpc) is 2.30. The number of hydrogen-bond acceptors (Lipinski definition) is 3. The second-order valence-corrected chi connectivity index (χ2v) is 3.39. The molecule has 0 heterocycles. The van der Waals surface area contributed by atoms with Crippen LogP contribution in [0.3, 0.4) is 0 Å². The van der Waals surface area contributed by atoms with Crippen LogP contribution in [-0.2, 0) is 9.53 Å². The number of carboxylic acids is 1. The minimum absolute atomic E-state index is 0.346. The Bertz CT molecular complexity index is 256. The summed E-state index contributed by atoms with van der Waals surface area (Å²) < 4.78 is 5.17.